The predicted molar refractivity (Wildman–Crippen MR) is 288 cm³/mol. The number of hydrogen-bond acceptors (Lipinski definition) is 1. The summed E-state index contributed by atoms with van der Waals surface area (Å²) in [4.78, 5) is 2.53. The standard InChI is InChI=1S/C68H45N/c1-4-21-46(22-5-1)67(61-34-17-14-31-57(61)58-32-15-18-35-62(58)67)49-39-41-50(42-40-49)69(51-43-44-56-54-29-11-10-27-52(54)53-28-12-13-30-55(53)60(56)45-51)65-38-20-37-64-66(65)59-33-16-19-36-63(59)68(64,47-23-6-2-7-24-47)48-25-8-3-9-26-48/h1-45H. The number of rotatable bonds is 7. The van der Waals surface area contributed by atoms with E-state index < -0.39 is 10.8 Å². The van der Waals surface area contributed by atoms with Crippen molar-refractivity contribution in [1.29, 1.82) is 0 Å². The summed E-state index contributed by atoms with van der Waals surface area (Å²) in [7, 11) is 0. The molecule has 0 saturated carbocycles. The zero-order valence-electron chi connectivity index (χ0n) is 37.9. The van der Waals surface area contributed by atoms with Gasteiger partial charge in [-0.05, 0) is 124 Å². The smallest absolute Gasteiger partial charge is 0.0714 e. The summed E-state index contributed by atoms with van der Waals surface area (Å²) in [6.45, 7) is 0. The number of nitrogens with zero attached hydrogens (tertiary/aromatic N) is 1. The Labute approximate surface area is 402 Å². The largest absolute Gasteiger partial charge is 0.310 e. The fraction of sp³-hybridized carbons (Fsp3) is 0.0294. The van der Waals surface area contributed by atoms with Crippen molar-refractivity contribution in [2.75, 3.05) is 4.90 Å². The van der Waals surface area contributed by atoms with E-state index in [1.54, 1.807) is 0 Å². The highest BCUT2D eigenvalue weighted by atomic mass is 15.1. The summed E-state index contributed by atoms with van der Waals surface area (Å²) in [6.07, 6.45) is 0. The van der Waals surface area contributed by atoms with Gasteiger partial charge in [0.05, 0.1) is 16.5 Å². The number of anilines is 3. The third-order valence-electron chi connectivity index (χ3n) is 15.4. The zero-order chi connectivity index (χ0) is 45.5. The van der Waals surface area contributed by atoms with E-state index in [4.69, 9.17) is 0 Å². The van der Waals surface area contributed by atoms with Gasteiger partial charge in [0.2, 0.25) is 0 Å². The molecule has 0 amide bonds. The van der Waals surface area contributed by atoms with Crippen LogP contribution in [0.5, 0.6) is 0 Å². The minimum atomic E-state index is -0.538. The normalized spacial score (nSPS) is 13.7. The lowest BCUT2D eigenvalue weighted by atomic mass is 9.67. The fourth-order valence-corrected chi connectivity index (χ4v) is 12.7. The second kappa shape index (κ2) is 15.4. The van der Waals surface area contributed by atoms with Gasteiger partial charge in [-0.2, -0.15) is 0 Å². The Morgan fingerprint density at radius 3 is 1.12 bits per heavy atom. The lowest BCUT2D eigenvalue weighted by Crippen LogP contribution is -2.28. The summed E-state index contributed by atoms with van der Waals surface area (Å²) in [6, 6.07) is 102. The third-order valence-corrected chi connectivity index (χ3v) is 15.4. The summed E-state index contributed by atoms with van der Waals surface area (Å²) in [5.74, 6) is 0. The monoisotopic (exact) mass is 875 g/mol. The van der Waals surface area contributed by atoms with Crippen molar-refractivity contribution < 1.29 is 0 Å². The van der Waals surface area contributed by atoms with E-state index in [9.17, 15) is 0 Å². The number of hydrogen-bond donors (Lipinski definition) is 0. The molecule has 2 aliphatic rings. The van der Waals surface area contributed by atoms with Crippen LogP contribution in [0, 0.1) is 0 Å². The van der Waals surface area contributed by atoms with Gasteiger partial charge in [0.25, 0.3) is 0 Å². The first-order valence-corrected chi connectivity index (χ1v) is 24.1. The van der Waals surface area contributed by atoms with Gasteiger partial charge in [0.15, 0.2) is 0 Å². The maximum Gasteiger partial charge on any atom is 0.0714 e. The minimum Gasteiger partial charge on any atom is -0.310 e. The van der Waals surface area contributed by atoms with Gasteiger partial charge < -0.3 is 4.90 Å². The molecule has 0 bridgehead atoms. The lowest BCUT2D eigenvalue weighted by Gasteiger charge is -2.35. The van der Waals surface area contributed by atoms with Crippen LogP contribution in [-0.4, -0.2) is 0 Å². The Morgan fingerprint density at radius 1 is 0.232 bits per heavy atom. The number of benzene rings is 12. The molecule has 12 aromatic carbocycles. The van der Waals surface area contributed by atoms with Crippen molar-refractivity contribution in [3.05, 3.63) is 317 Å². The van der Waals surface area contributed by atoms with Gasteiger partial charge in [0.1, 0.15) is 0 Å². The van der Waals surface area contributed by atoms with Crippen LogP contribution in [0.2, 0.25) is 0 Å². The Balaban J connectivity index is 1.05. The Kier molecular flexibility index (Phi) is 8.78. The Bertz CT molecular complexity index is 3830. The summed E-state index contributed by atoms with van der Waals surface area (Å²) < 4.78 is 0. The topological polar surface area (TPSA) is 3.24 Å². The van der Waals surface area contributed by atoms with Crippen molar-refractivity contribution in [3.63, 3.8) is 0 Å². The van der Waals surface area contributed by atoms with Gasteiger partial charge in [0, 0.05) is 16.9 Å². The summed E-state index contributed by atoms with van der Waals surface area (Å²) in [5.41, 5.74) is 17.6. The lowest BCUT2D eigenvalue weighted by molar-refractivity contribution is 0.768. The van der Waals surface area contributed by atoms with Crippen LogP contribution in [0.25, 0.3) is 54.6 Å². The van der Waals surface area contributed by atoms with E-state index in [0.717, 1.165) is 17.1 Å². The van der Waals surface area contributed by atoms with E-state index in [2.05, 4.69) is 278 Å². The zero-order valence-corrected chi connectivity index (χ0v) is 37.9. The van der Waals surface area contributed by atoms with Crippen LogP contribution < -0.4 is 4.90 Å². The van der Waals surface area contributed by atoms with Gasteiger partial charge in [-0.3, -0.25) is 0 Å². The Hall–Kier alpha value is -8.78. The molecule has 2 aliphatic carbocycles. The molecule has 0 fully saturated rings. The second-order valence-electron chi connectivity index (χ2n) is 18.6. The maximum absolute atomic E-state index is 2.53. The van der Waals surface area contributed by atoms with Crippen LogP contribution >= 0.6 is 0 Å². The van der Waals surface area contributed by atoms with Crippen molar-refractivity contribution in [3.8, 4) is 22.3 Å². The molecule has 0 saturated heterocycles. The van der Waals surface area contributed by atoms with Crippen molar-refractivity contribution >= 4 is 49.4 Å². The molecule has 0 N–H and O–H groups in total. The molecule has 69 heavy (non-hydrogen) atoms. The molecule has 322 valence electrons. The van der Waals surface area contributed by atoms with E-state index in [-0.39, 0.29) is 0 Å². The van der Waals surface area contributed by atoms with Crippen LogP contribution in [-0.2, 0) is 10.8 Å². The molecular weight excluding hydrogens is 831 g/mol. The van der Waals surface area contributed by atoms with Gasteiger partial charge in [-0.15, -0.1) is 0 Å². The highest BCUT2D eigenvalue weighted by Crippen LogP contribution is 2.60. The van der Waals surface area contributed by atoms with Crippen LogP contribution in [0.15, 0.2) is 273 Å². The van der Waals surface area contributed by atoms with Gasteiger partial charge in [-0.25, -0.2) is 0 Å². The Morgan fingerprint density at radius 2 is 0.594 bits per heavy atom. The quantitative estimate of drug-likeness (QED) is 0.144. The summed E-state index contributed by atoms with van der Waals surface area (Å²) in [5, 5.41) is 7.55. The predicted octanol–water partition coefficient (Wildman–Crippen LogP) is 17.3. The SMILES string of the molecule is c1ccc(C2(c3ccc(N(c4ccc5c6ccccc6c6ccccc6c5c4)c4cccc5c4-c4ccccc4C5(c4ccccc4)c4ccccc4)cc3)c3ccccc3-c3ccccc32)cc1. The van der Waals surface area contributed by atoms with E-state index in [0.29, 0.717) is 0 Å². The second-order valence-corrected chi connectivity index (χ2v) is 18.6. The molecule has 1 heteroatoms. The molecule has 12 aromatic rings. The van der Waals surface area contributed by atoms with Crippen LogP contribution in [0.3, 0.4) is 0 Å². The molecule has 0 radical (unpaired) electrons. The van der Waals surface area contributed by atoms with Crippen LogP contribution in [0.1, 0.15) is 44.5 Å². The molecular formula is C68H45N. The van der Waals surface area contributed by atoms with Crippen LogP contribution in [0.4, 0.5) is 17.1 Å². The third kappa shape index (κ3) is 5.53. The van der Waals surface area contributed by atoms with Gasteiger partial charge in [-0.1, -0.05) is 243 Å². The average Bonchev–Trinajstić information content (AvgIpc) is 3.91. The first-order chi connectivity index (χ1) is 34.3. The summed E-state index contributed by atoms with van der Waals surface area (Å²) >= 11 is 0. The average molecular weight is 876 g/mol. The highest BCUT2D eigenvalue weighted by molar-refractivity contribution is 6.26. The fourth-order valence-electron chi connectivity index (χ4n) is 12.7. The van der Waals surface area contributed by atoms with Gasteiger partial charge >= 0.3 is 0 Å². The molecule has 0 aliphatic heterocycles. The van der Waals surface area contributed by atoms with Crippen molar-refractivity contribution in [2.45, 2.75) is 10.8 Å². The molecule has 0 atom stereocenters. The van der Waals surface area contributed by atoms with Crippen molar-refractivity contribution in [2.24, 2.45) is 0 Å². The minimum absolute atomic E-state index is 0.501. The van der Waals surface area contributed by atoms with Crippen molar-refractivity contribution in [1.82, 2.24) is 0 Å². The molecule has 0 heterocycles. The van der Waals surface area contributed by atoms with E-state index in [1.165, 1.54) is 99.1 Å². The molecule has 1 nitrogen and oxygen atoms in total. The first kappa shape index (κ1) is 39.4. The molecule has 0 aromatic heterocycles. The van der Waals surface area contributed by atoms with E-state index >= 15 is 0 Å². The van der Waals surface area contributed by atoms with E-state index in [1.807, 2.05) is 0 Å². The number of fused-ring (bicyclic) bond motifs is 12. The molecule has 0 unspecified atom stereocenters. The maximum atomic E-state index is 2.53. The highest BCUT2D eigenvalue weighted by Gasteiger charge is 2.48. The molecule has 0 spiro atoms. The molecule has 14 rings (SSSR count). The first-order valence-electron chi connectivity index (χ1n) is 24.1.